The second-order valence-corrected chi connectivity index (χ2v) is 7.04. The van der Waals surface area contributed by atoms with Gasteiger partial charge in [0.15, 0.2) is 0 Å². The second-order valence-electron chi connectivity index (χ2n) is 6.09. The molecule has 1 saturated carbocycles. The maximum atomic E-state index is 12.3. The third kappa shape index (κ3) is 3.87. The van der Waals surface area contributed by atoms with E-state index in [0.29, 0.717) is 25.7 Å². The molecule has 6 heteroatoms. The molecule has 1 aromatic heterocycles. The van der Waals surface area contributed by atoms with E-state index in [9.17, 15) is 9.59 Å². The smallest absolute Gasteiger partial charge is 0.264 e. The van der Waals surface area contributed by atoms with Gasteiger partial charge in [-0.05, 0) is 24.3 Å². The predicted octanol–water partition coefficient (Wildman–Crippen LogP) is 1.56. The van der Waals surface area contributed by atoms with Crippen LogP contribution in [0.15, 0.2) is 17.5 Å². The van der Waals surface area contributed by atoms with Crippen LogP contribution in [-0.2, 0) is 4.79 Å². The number of carbonyl (C=O) groups excluding carboxylic acids is 2. The Morgan fingerprint density at radius 1 is 1.18 bits per heavy atom. The summed E-state index contributed by atoms with van der Waals surface area (Å²) in [6.07, 6.45) is 4.70. The van der Waals surface area contributed by atoms with Crippen molar-refractivity contribution in [2.45, 2.75) is 31.7 Å². The van der Waals surface area contributed by atoms with Gasteiger partial charge in [0.05, 0.1) is 11.4 Å². The lowest BCUT2D eigenvalue weighted by Crippen LogP contribution is -2.51. The summed E-state index contributed by atoms with van der Waals surface area (Å²) in [4.78, 5) is 29.1. The molecule has 1 aliphatic heterocycles. The fourth-order valence-corrected chi connectivity index (χ4v) is 3.90. The number of rotatable bonds is 4. The third-order valence-electron chi connectivity index (χ3n) is 4.48. The molecular formula is C16H23N3O2S. The SMILES string of the molecule is O=C(CN1CCN(C(=O)c2cccs2)CC1)NC1CCCC1. The van der Waals surface area contributed by atoms with E-state index >= 15 is 0 Å². The number of hydrogen-bond acceptors (Lipinski definition) is 4. The van der Waals surface area contributed by atoms with Crippen LogP contribution in [0.4, 0.5) is 0 Å². The van der Waals surface area contributed by atoms with Gasteiger partial charge >= 0.3 is 0 Å². The molecule has 0 aromatic carbocycles. The molecule has 0 radical (unpaired) electrons. The summed E-state index contributed by atoms with van der Waals surface area (Å²) in [5.41, 5.74) is 0. The maximum Gasteiger partial charge on any atom is 0.264 e. The van der Waals surface area contributed by atoms with Crippen molar-refractivity contribution in [3.8, 4) is 0 Å². The normalized spacial score (nSPS) is 20.3. The van der Waals surface area contributed by atoms with E-state index in [0.717, 1.165) is 30.8 Å². The molecule has 1 aromatic rings. The van der Waals surface area contributed by atoms with E-state index in [4.69, 9.17) is 0 Å². The summed E-state index contributed by atoms with van der Waals surface area (Å²) in [7, 11) is 0. The Morgan fingerprint density at radius 3 is 2.55 bits per heavy atom. The van der Waals surface area contributed by atoms with Gasteiger partial charge in [0.2, 0.25) is 5.91 Å². The molecule has 0 spiro atoms. The van der Waals surface area contributed by atoms with Gasteiger partial charge < -0.3 is 10.2 Å². The van der Waals surface area contributed by atoms with Crippen LogP contribution >= 0.6 is 11.3 Å². The van der Waals surface area contributed by atoms with Crippen molar-refractivity contribution in [2.24, 2.45) is 0 Å². The number of hydrogen-bond donors (Lipinski definition) is 1. The highest BCUT2D eigenvalue weighted by Crippen LogP contribution is 2.17. The topological polar surface area (TPSA) is 52.7 Å². The van der Waals surface area contributed by atoms with Gasteiger partial charge in [-0.15, -0.1) is 11.3 Å². The first-order valence-electron chi connectivity index (χ1n) is 8.07. The van der Waals surface area contributed by atoms with Gasteiger partial charge in [-0.2, -0.15) is 0 Å². The molecule has 0 bridgehead atoms. The third-order valence-corrected chi connectivity index (χ3v) is 5.34. The summed E-state index contributed by atoms with van der Waals surface area (Å²) in [6.45, 7) is 3.41. The van der Waals surface area contributed by atoms with Gasteiger partial charge in [0, 0.05) is 32.2 Å². The molecule has 3 rings (SSSR count). The number of thiophene rings is 1. The lowest BCUT2D eigenvalue weighted by molar-refractivity contribution is -0.123. The fourth-order valence-electron chi connectivity index (χ4n) is 3.21. The molecule has 120 valence electrons. The van der Waals surface area contributed by atoms with Gasteiger partial charge in [-0.3, -0.25) is 14.5 Å². The zero-order valence-corrected chi connectivity index (χ0v) is 13.6. The monoisotopic (exact) mass is 321 g/mol. The van der Waals surface area contributed by atoms with E-state index in [1.807, 2.05) is 22.4 Å². The molecule has 0 unspecified atom stereocenters. The van der Waals surface area contributed by atoms with E-state index in [2.05, 4.69) is 10.2 Å². The summed E-state index contributed by atoms with van der Waals surface area (Å²) < 4.78 is 0. The average Bonchev–Trinajstić information content (AvgIpc) is 3.20. The lowest BCUT2D eigenvalue weighted by atomic mass is 10.2. The first kappa shape index (κ1) is 15.5. The first-order valence-corrected chi connectivity index (χ1v) is 8.95. The van der Waals surface area contributed by atoms with Crippen LogP contribution in [0.5, 0.6) is 0 Å². The van der Waals surface area contributed by atoms with E-state index in [1.165, 1.54) is 24.2 Å². The van der Waals surface area contributed by atoms with E-state index in [-0.39, 0.29) is 11.8 Å². The largest absolute Gasteiger partial charge is 0.352 e. The first-order chi connectivity index (χ1) is 10.7. The Balaban J connectivity index is 1.41. The molecule has 5 nitrogen and oxygen atoms in total. The number of nitrogens with one attached hydrogen (secondary N) is 1. The Morgan fingerprint density at radius 2 is 1.91 bits per heavy atom. The second kappa shape index (κ2) is 7.24. The van der Waals surface area contributed by atoms with Gasteiger partial charge in [0.1, 0.15) is 0 Å². The molecule has 2 aliphatic rings. The molecule has 2 amide bonds. The summed E-state index contributed by atoms with van der Waals surface area (Å²) in [5.74, 6) is 0.245. The van der Waals surface area contributed by atoms with Crippen LogP contribution in [0.1, 0.15) is 35.4 Å². The van der Waals surface area contributed by atoms with Gasteiger partial charge in [0.25, 0.3) is 5.91 Å². The molecule has 1 saturated heterocycles. The minimum atomic E-state index is 0.116. The van der Waals surface area contributed by atoms with Crippen molar-refractivity contribution in [2.75, 3.05) is 32.7 Å². The zero-order chi connectivity index (χ0) is 15.4. The maximum absolute atomic E-state index is 12.3. The number of carbonyl (C=O) groups is 2. The quantitative estimate of drug-likeness (QED) is 0.916. The van der Waals surface area contributed by atoms with Crippen molar-refractivity contribution in [3.63, 3.8) is 0 Å². The molecule has 0 atom stereocenters. The average molecular weight is 321 g/mol. The Bertz CT molecular complexity index is 503. The van der Waals surface area contributed by atoms with Crippen molar-refractivity contribution < 1.29 is 9.59 Å². The molecule has 2 fully saturated rings. The molecule has 22 heavy (non-hydrogen) atoms. The Labute approximate surface area is 135 Å². The predicted molar refractivity (Wildman–Crippen MR) is 87.1 cm³/mol. The number of amides is 2. The highest BCUT2D eigenvalue weighted by atomic mass is 32.1. The van der Waals surface area contributed by atoms with E-state index in [1.54, 1.807) is 0 Å². The van der Waals surface area contributed by atoms with Crippen LogP contribution in [0, 0.1) is 0 Å². The Kier molecular flexibility index (Phi) is 5.10. The summed E-state index contributed by atoms with van der Waals surface area (Å²) in [5, 5.41) is 5.05. The zero-order valence-electron chi connectivity index (χ0n) is 12.8. The van der Waals surface area contributed by atoms with Crippen molar-refractivity contribution in [3.05, 3.63) is 22.4 Å². The lowest BCUT2D eigenvalue weighted by Gasteiger charge is -2.34. The van der Waals surface area contributed by atoms with Crippen molar-refractivity contribution in [1.29, 1.82) is 0 Å². The van der Waals surface area contributed by atoms with Crippen LogP contribution in [0.3, 0.4) is 0 Å². The summed E-state index contributed by atoms with van der Waals surface area (Å²) >= 11 is 1.48. The van der Waals surface area contributed by atoms with Gasteiger partial charge in [-0.1, -0.05) is 18.9 Å². The van der Waals surface area contributed by atoms with Crippen LogP contribution in [0.25, 0.3) is 0 Å². The number of nitrogens with zero attached hydrogens (tertiary/aromatic N) is 2. The fraction of sp³-hybridized carbons (Fsp3) is 0.625. The standard InChI is InChI=1S/C16H23N3O2S/c20-15(17-13-4-1-2-5-13)12-18-7-9-19(10-8-18)16(21)14-6-3-11-22-14/h3,6,11,13H,1-2,4-5,7-10,12H2,(H,17,20). The molecular weight excluding hydrogens is 298 g/mol. The highest BCUT2D eigenvalue weighted by molar-refractivity contribution is 7.12. The molecule has 1 N–H and O–H groups in total. The van der Waals surface area contributed by atoms with Gasteiger partial charge in [-0.25, -0.2) is 0 Å². The van der Waals surface area contributed by atoms with E-state index < -0.39 is 0 Å². The van der Waals surface area contributed by atoms with Crippen LogP contribution in [-0.4, -0.2) is 60.4 Å². The summed E-state index contributed by atoms with van der Waals surface area (Å²) in [6, 6.07) is 4.16. The Hall–Kier alpha value is -1.40. The highest BCUT2D eigenvalue weighted by Gasteiger charge is 2.24. The van der Waals surface area contributed by atoms with Crippen molar-refractivity contribution in [1.82, 2.24) is 15.1 Å². The minimum Gasteiger partial charge on any atom is -0.352 e. The minimum absolute atomic E-state index is 0.116. The van der Waals surface area contributed by atoms with Crippen LogP contribution < -0.4 is 5.32 Å². The molecule has 2 heterocycles. The van der Waals surface area contributed by atoms with Crippen molar-refractivity contribution >= 4 is 23.2 Å². The van der Waals surface area contributed by atoms with Crippen LogP contribution in [0.2, 0.25) is 0 Å². The number of piperazine rings is 1. The molecule has 1 aliphatic carbocycles.